The summed E-state index contributed by atoms with van der Waals surface area (Å²) in [6, 6.07) is 7.14. The van der Waals surface area contributed by atoms with Gasteiger partial charge in [-0.3, -0.25) is 0 Å². The lowest BCUT2D eigenvalue weighted by molar-refractivity contribution is 0.208. The highest BCUT2D eigenvalue weighted by Gasteiger charge is 2.17. The van der Waals surface area contributed by atoms with Crippen LogP contribution in [0.4, 0.5) is 4.79 Å². The first-order valence-electron chi connectivity index (χ1n) is 7.96. The molecule has 0 radical (unpaired) electrons. The van der Waals surface area contributed by atoms with Gasteiger partial charge in [-0.05, 0) is 37.8 Å². The lowest BCUT2D eigenvalue weighted by atomic mass is 10.1. The summed E-state index contributed by atoms with van der Waals surface area (Å²) in [4.78, 5) is 13.7. The van der Waals surface area contributed by atoms with Crippen LogP contribution in [0.25, 0.3) is 0 Å². The van der Waals surface area contributed by atoms with Gasteiger partial charge >= 0.3 is 6.03 Å². The van der Waals surface area contributed by atoms with Crippen LogP contribution >= 0.6 is 0 Å². The Bertz CT molecular complexity index is 620. The summed E-state index contributed by atoms with van der Waals surface area (Å²) in [5, 5.41) is 2.89. The summed E-state index contributed by atoms with van der Waals surface area (Å²) in [6.07, 6.45) is 2.14. The highest BCUT2D eigenvalue weighted by atomic mass is 32.2. The van der Waals surface area contributed by atoms with Crippen molar-refractivity contribution in [3.8, 4) is 0 Å². The van der Waals surface area contributed by atoms with Crippen molar-refractivity contribution >= 4 is 16.1 Å². The minimum atomic E-state index is -3.31. The van der Waals surface area contributed by atoms with Gasteiger partial charge < -0.3 is 10.2 Å². The van der Waals surface area contributed by atoms with Crippen LogP contribution in [0.1, 0.15) is 37.8 Å². The molecule has 1 aliphatic rings. The van der Waals surface area contributed by atoms with Crippen molar-refractivity contribution in [3.63, 3.8) is 0 Å². The number of hydrogen-bond acceptors (Lipinski definition) is 3. The molecule has 0 unspecified atom stereocenters. The molecule has 6 nitrogen and oxygen atoms in total. The highest BCUT2D eigenvalue weighted by molar-refractivity contribution is 7.88. The number of nitrogens with zero attached hydrogens (tertiary/aromatic N) is 1. The van der Waals surface area contributed by atoms with Gasteiger partial charge in [0.25, 0.3) is 0 Å². The van der Waals surface area contributed by atoms with Gasteiger partial charge in [0.1, 0.15) is 0 Å². The van der Waals surface area contributed by atoms with E-state index in [1.807, 2.05) is 17.0 Å². The fourth-order valence-electron chi connectivity index (χ4n) is 2.58. The summed E-state index contributed by atoms with van der Waals surface area (Å²) in [5.41, 5.74) is 1.68. The Morgan fingerprint density at radius 1 is 1.13 bits per heavy atom. The van der Waals surface area contributed by atoms with Crippen LogP contribution in [-0.4, -0.2) is 38.5 Å². The van der Waals surface area contributed by atoms with E-state index in [-0.39, 0.29) is 17.8 Å². The quantitative estimate of drug-likeness (QED) is 0.830. The number of benzene rings is 1. The maximum Gasteiger partial charge on any atom is 0.317 e. The smallest absolute Gasteiger partial charge is 0.317 e. The molecule has 23 heavy (non-hydrogen) atoms. The van der Waals surface area contributed by atoms with E-state index in [2.05, 4.69) is 10.0 Å². The Labute approximate surface area is 138 Å². The second kappa shape index (κ2) is 7.79. The monoisotopic (exact) mass is 339 g/mol. The molecule has 1 aromatic rings. The lowest BCUT2D eigenvalue weighted by Crippen LogP contribution is -2.37. The van der Waals surface area contributed by atoms with Crippen molar-refractivity contribution in [1.29, 1.82) is 0 Å². The molecule has 1 fully saturated rings. The number of nitrogens with one attached hydrogen (secondary N) is 2. The Hall–Kier alpha value is -1.60. The normalized spacial score (nSPS) is 15.2. The van der Waals surface area contributed by atoms with Crippen LogP contribution < -0.4 is 10.0 Å². The van der Waals surface area contributed by atoms with Crippen LogP contribution in [0.15, 0.2) is 24.3 Å². The standard InChI is InChI=1S/C16H25N3O3S/c1-13(2)18-23(21,22)12-15-7-5-14(6-8-15)11-17-16(20)19-9-3-4-10-19/h5-8,13,18H,3-4,9-12H2,1-2H3,(H,17,20). The van der Waals surface area contributed by atoms with E-state index < -0.39 is 10.0 Å². The van der Waals surface area contributed by atoms with E-state index in [1.54, 1.807) is 26.0 Å². The predicted octanol–water partition coefficient (Wildman–Crippen LogP) is 1.82. The molecule has 0 atom stereocenters. The molecule has 1 aliphatic heterocycles. The summed E-state index contributed by atoms with van der Waals surface area (Å²) in [5.74, 6) is -0.0361. The van der Waals surface area contributed by atoms with Gasteiger partial charge in [-0.2, -0.15) is 0 Å². The second-order valence-electron chi connectivity index (χ2n) is 6.20. The van der Waals surface area contributed by atoms with Crippen molar-refractivity contribution < 1.29 is 13.2 Å². The first kappa shape index (κ1) is 17.7. The number of amides is 2. The molecule has 0 aromatic heterocycles. The third-order valence-corrected chi connectivity index (χ3v) is 5.18. The Balaban J connectivity index is 1.85. The lowest BCUT2D eigenvalue weighted by Gasteiger charge is -2.16. The number of carbonyl (C=O) groups excluding carboxylic acids is 1. The summed E-state index contributed by atoms with van der Waals surface area (Å²) in [7, 11) is -3.31. The van der Waals surface area contributed by atoms with Gasteiger partial charge in [0.15, 0.2) is 0 Å². The Morgan fingerprint density at radius 2 is 1.70 bits per heavy atom. The molecule has 2 N–H and O–H groups in total. The number of hydrogen-bond donors (Lipinski definition) is 2. The van der Waals surface area contributed by atoms with Crippen LogP contribution in [0, 0.1) is 0 Å². The highest BCUT2D eigenvalue weighted by Crippen LogP contribution is 2.10. The predicted molar refractivity (Wildman–Crippen MR) is 90.4 cm³/mol. The average Bonchev–Trinajstić information content (AvgIpc) is 2.98. The minimum absolute atomic E-state index is 0.0321. The molecule has 1 aromatic carbocycles. The molecule has 2 amide bonds. The summed E-state index contributed by atoms with van der Waals surface area (Å²) < 4.78 is 26.3. The van der Waals surface area contributed by atoms with E-state index in [1.165, 1.54) is 0 Å². The number of rotatable bonds is 6. The van der Waals surface area contributed by atoms with E-state index in [0.717, 1.165) is 37.1 Å². The molecular weight excluding hydrogens is 314 g/mol. The first-order chi connectivity index (χ1) is 10.9. The van der Waals surface area contributed by atoms with Gasteiger partial charge in [-0.25, -0.2) is 17.9 Å². The van der Waals surface area contributed by atoms with Crippen LogP contribution in [0.2, 0.25) is 0 Å². The first-order valence-corrected chi connectivity index (χ1v) is 9.61. The average molecular weight is 339 g/mol. The minimum Gasteiger partial charge on any atom is -0.334 e. The zero-order chi connectivity index (χ0) is 16.9. The third kappa shape index (κ3) is 5.84. The third-order valence-electron chi connectivity index (χ3n) is 3.63. The summed E-state index contributed by atoms with van der Waals surface area (Å²) >= 11 is 0. The van der Waals surface area contributed by atoms with Gasteiger partial charge in [-0.1, -0.05) is 24.3 Å². The topological polar surface area (TPSA) is 78.5 Å². The number of likely N-dealkylation sites (tertiary alicyclic amines) is 1. The van der Waals surface area contributed by atoms with Crippen molar-refractivity contribution in [2.75, 3.05) is 13.1 Å². The maximum absolute atomic E-state index is 11.9. The molecule has 7 heteroatoms. The fraction of sp³-hybridized carbons (Fsp3) is 0.562. The van der Waals surface area contributed by atoms with Crippen molar-refractivity contribution in [1.82, 2.24) is 14.9 Å². The van der Waals surface area contributed by atoms with Crippen molar-refractivity contribution in [2.24, 2.45) is 0 Å². The Morgan fingerprint density at radius 3 is 2.26 bits per heavy atom. The maximum atomic E-state index is 11.9. The van der Waals surface area contributed by atoms with E-state index >= 15 is 0 Å². The van der Waals surface area contributed by atoms with Gasteiger partial charge in [0, 0.05) is 25.7 Å². The number of sulfonamides is 1. The van der Waals surface area contributed by atoms with E-state index in [9.17, 15) is 13.2 Å². The van der Waals surface area contributed by atoms with Crippen LogP contribution in [0.5, 0.6) is 0 Å². The SMILES string of the molecule is CC(C)NS(=O)(=O)Cc1ccc(CNC(=O)N2CCCC2)cc1. The molecule has 2 rings (SSSR count). The van der Waals surface area contributed by atoms with E-state index in [0.29, 0.717) is 6.54 Å². The number of carbonyl (C=O) groups is 1. The fourth-order valence-corrected chi connectivity index (χ4v) is 4.02. The molecule has 1 saturated heterocycles. The summed E-state index contributed by atoms with van der Waals surface area (Å²) in [6.45, 7) is 5.69. The molecule has 1 heterocycles. The molecule has 0 spiro atoms. The molecule has 0 saturated carbocycles. The van der Waals surface area contributed by atoms with Gasteiger partial charge in [-0.15, -0.1) is 0 Å². The van der Waals surface area contributed by atoms with E-state index in [4.69, 9.17) is 0 Å². The molecule has 0 bridgehead atoms. The zero-order valence-corrected chi connectivity index (χ0v) is 14.5. The van der Waals surface area contributed by atoms with Gasteiger partial charge in [0.05, 0.1) is 5.75 Å². The number of urea groups is 1. The van der Waals surface area contributed by atoms with Crippen molar-refractivity contribution in [3.05, 3.63) is 35.4 Å². The second-order valence-corrected chi connectivity index (χ2v) is 7.95. The van der Waals surface area contributed by atoms with Gasteiger partial charge in [0.2, 0.25) is 10.0 Å². The Kier molecular flexibility index (Phi) is 6.01. The molecule has 0 aliphatic carbocycles. The largest absolute Gasteiger partial charge is 0.334 e. The molecule has 128 valence electrons. The van der Waals surface area contributed by atoms with Crippen LogP contribution in [-0.2, 0) is 22.3 Å². The van der Waals surface area contributed by atoms with Crippen LogP contribution in [0.3, 0.4) is 0 Å². The molecular formula is C16H25N3O3S. The van der Waals surface area contributed by atoms with Crippen molar-refractivity contribution in [2.45, 2.75) is 45.0 Å². The zero-order valence-electron chi connectivity index (χ0n) is 13.7.